The Morgan fingerprint density at radius 3 is 2.70 bits per heavy atom. The average Bonchev–Trinajstić information content (AvgIpc) is 3.09. The third kappa shape index (κ3) is 4.12. The molecular weight excluding hydrogens is 332 g/mol. The number of rotatable bonds is 5. The Hall–Kier alpha value is -2.31. The van der Waals surface area contributed by atoms with Gasteiger partial charge in [-0.15, -0.1) is 0 Å². The Kier molecular flexibility index (Phi) is 4.95. The number of aromatic amines is 1. The maximum atomic E-state index is 12.5. The van der Waals surface area contributed by atoms with Crippen LogP contribution in [-0.2, 0) is 5.75 Å². The van der Waals surface area contributed by atoms with Crippen molar-refractivity contribution in [3.8, 4) is 0 Å². The lowest BCUT2D eigenvalue weighted by atomic mass is 10.1. The van der Waals surface area contributed by atoms with Crippen molar-refractivity contribution >= 4 is 35.0 Å². The van der Waals surface area contributed by atoms with Crippen LogP contribution in [0.5, 0.6) is 0 Å². The molecule has 0 saturated carbocycles. The molecule has 0 aliphatic carbocycles. The molecule has 116 valence electrons. The number of hydrogen-bond donors (Lipinski definition) is 2. The summed E-state index contributed by atoms with van der Waals surface area (Å²) in [7, 11) is 0. The average molecular weight is 345 g/mol. The molecule has 0 aliphatic rings. The first-order chi connectivity index (χ1) is 11.2. The van der Waals surface area contributed by atoms with Gasteiger partial charge in [-0.25, -0.2) is 4.98 Å². The van der Waals surface area contributed by atoms with Crippen molar-refractivity contribution in [3.63, 3.8) is 0 Å². The fourth-order valence-electron chi connectivity index (χ4n) is 2.01. The van der Waals surface area contributed by atoms with Crippen molar-refractivity contribution in [1.29, 1.82) is 0 Å². The topological polar surface area (TPSA) is 70.7 Å². The van der Waals surface area contributed by atoms with Crippen LogP contribution in [0.4, 0.5) is 5.69 Å². The molecule has 1 aromatic heterocycles. The quantitative estimate of drug-likeness (QED) is 0.686. The summed E-state index contributed by atoms with van der Waals surface area (Å²) in [6.07, 6.45) is 1.46. The number of amides is 1. The number of anilines is 1. The number of carbonyl (C=O) groups is 1. The van der Waals surface area contributed by atoms with Crippen molar-refractivity contribution in [2.75, 3.05) is 5.32 Å². The van der Waals surface area contributed by atoms with E-state index in [1.54, 1.807) is 24.3 Å². The molecule has 0 unspecified atom stereocenters. The van der Waals surface area contributed by atoms with E-state index in [1.165, 1.54) is 18.1 Å². The van der Waals surface area contributed by atoms with E-state index in [1.807, 2.05) is 24.3 Å². The summed E-state index contributed by atoms with van der Waals surface area (Å²) in [5.74, 6) is 0.473. The molecule has 7 heteroatoms. The van der Waals surface area contributed by atoms with E-state index >= 15 is 0 Å². The Labute approximate surface area is 142 Å². The summed E-state index contributed by atoms with van der Waals surface area (Å²) in [5, 5.41) is 10.8. The van der Waals surface area contributed by atoms with Gasteiger partial charge in [0.05, 0.1) is 0 Å². The van der Waals surface area contributed by atoms with Crippen molar-refractivity contribution in [2.24, 2.45) is 0 Å². The van der Waals surface area contributed by atoms with Gasteiger partial charge in [0.1, 0.15) is 6.33 Å². The standard InChI is InChI=1S/C16H13ClN4OS/c17-12-5-7-13(8-6-12)20-15(22)14-4-2-1-3-11(14)9-23-16-18-10-19-21-16/h1-8,10H,9H2,(H,20,22)(H,18,19,21). The van der Waals surface area contributed by atoms with Gasteiger partial charge in [0.15, 0.2) is 5.16 Å². The molecule has 0 saturated heterocycles. The number of benzene rings is 2. The molecule has 2 N–H and O–H groups in total. The Bertz CT molecular complexity index is 790. The first kappa shape index (κ1) is 15.6. The van der Waals surface area contributed by atoms with Crippen LogP contribution in [0.2, 0.25) is 5.02 Å². The van der Waals surface area contributed by atoms with Gasteiger partial charge in [-0.3, -0.25) is 9.89 Å². The van der Waals surface area contributed by atoms with Crippen LogP contribution < -0.4 is 5.32 Å². The van der Waals surface area contributed by atoms with Gasteiger partial charge in [0.25, 0.3) is 5.91 Å². The van der Waals surface area contributed by atoms with Gasteiger partial charge < -0.3 is 5.32 Å². The molecular formula is C16H13ClN4OS. The minimum absolute atomic E-state index is 0.152. The normalized spacial score (nSPS) is 10.5. The van der Waals surface area contributed by atoms with Crippen LogP contribution in [0.3, 0.4) is 0 Å². The molecule has 0 aliphatic heterocycles. The molecule has 0 radical (unpaired) electrons. The van der Waals surface area contributed by atoms with Gasteiger partial charge in [0.2, 0.25) is 0 Å². The van der Waals surface area contributed by atoms with Crippen molar-refractivity contribution in [2.45, 2.75) is 10.9 Å². The van der Waals surface area contributed by atoms with E-state index in [0.717, 1.165) is 10.7 Å². The highest BCUT2D eigenvalue weighted by atomic mass is 35.5. The monoisotopic (exact) mass is 344 g/mol. The fourth-order valence-corrected chi connectivity index (χ4v) is 2.92. The van der Waals surface area contributed by atoms with Gasteiger partial charge in [-0.05, 0) is 35.9 Å². The predicted molar refractivity (Wildman–Crippen MR) is 91.8 cm³/mol. The molecule has 1 amide bonds. The van der Waals surface area contributed by atoms with Gasteiger partial charge >= 0.3 is 0 Å². The zero-order valence-corrected chi connectivity index (χ0v) is 13.6. The molecule has 1 heterocycles. The molecule has 0 fully saturated rings. The largest absolute Gasteiger partial charge is 0.322 e. The zero-order valence-electron chi connectivity index (χ0n) is 12.0. The number of thioether (sulfide) groups is 1. The minimum Gasteiger partial charge on any atom is -0.322 e. The molecule has 5 nitrogen and oxygen atoms in total. The van der Waals surface area contributed by atoms with Crippen LogP contribution in [0.25, 0.3) is 0 Å². The van der Waals surface area contributed by atoms with Gasteiger partial charge in [-0.2, -0.15) is 5.10 Å². The third-order valence-electron chi connectivity index (χ3n) is 3.12. The highest BCUT2D eigenvalue weighted by Crippen LogP contribution is 2.22. The second-order valence-electron chi connectivity index (χ2n) is 4.70. The summed E-state index contributed by atoms with van der Waals surface area (Å²) in [4.78, 5) is 16.6. The van der Waals surface area contributed by atoms with E-state index in [4.69, 9.17) is 11.6 Å². The first-order valence-electron chi connectivity index (χ1n) is 6.85. The molecule has 3 aromatic rings. The Balaban J connectivity index is 1.73. The van der Waals surface area contributed by atoms with Crippen LogP contribution in [0.15, 0.2) is 60.0 Å². The van der Waals surface area contributed by atoms with Gasteiger partial charge in [-0.1, -0.05) is 41.6 Å². The summed E-state index contributed by atoms with van der Waals surface area (Å²) >= 11 is 7.34. The number of halogens is 1. The molecule has 0 bridgehead atoms. The van der Waals surface area contributed by atoms with E-state index in [0.29, 0.717) is 22.0 Å². The van der Waals surface area contributed by atoms with Crippen molar-refractivity contribution < 1.29 is 4.79 Å². The number of nitrogens with one attached hydrogen (secondary N) is 2. The Morgan fingerprint density at radius 1 is 1.17 bits per heavy atom. The molecule has 0 spiro atoms. The summed E-state index contributed by atoms with van der Waals surface area (Å²) in [5.41, 5.74) is 2.27. The maximum absolute atomic E-state index is 12.5. The smallest absolute Gasteiger partial charge is 0.255 e. The van der Waals surface area contributed by atoms with E-state index in [9.17, 15) is 4.79 Å². The van der Waals surface area contributed by atoms with Crippen LogP contribution >= 0.6 is 23.4 Å². The van der Waals surface area contributed by atoms with E-state index in [-0.39, 0.29) is 5.91 Å². The van der Waals surface area contributed by atoms with Crippen LogP contribution in [0, 0.1) is 0 Å². The highest BCUT2D eigenvalue weighted by molar-refractivity contribution is 7.98. The summed E-state index contributed by atoms with van der Waals surface area (Å²) in [6, 6.07) is 14.5. The number of H-pyrrole nitrogens is 1. The van der Waals surface area contributed by atoms with Crippen LogP contribution in [-0.4, -0.2) is 21.1 Å². The number of carbonyl (C=O) groups excluding carboxylic acids is 1. The van der Waals surface area contributed by atoms with Crippen LogP contribution in [0.1, 0.15) is 15.9 Å². The minimum atomic E-state index is -0.152. The van der Waals surface area contributed by atoms with E-state index in [2.05, 4.69) is 20.5 Å². The lowest BCUT2D eigenvalue weighted by Crippen LogP contribution is -2.13. The van der Waals surface area contributed by atoms with E-state index < -0.39 is 0 Å². The second-order valence-corrected chi connectivity index (χ2v) is 6.10. The summed E-state index contributed by atoms with van der Waals surface area (Å²) < 4.78 is 0. The second kappa shape index (κ2) is 7.30. The van der Waals surface area contributed by atoms with Crippen molar-refractivity contribution in [3.05, 3.63) is 71.0 Å². The SMILES string of the molecule is O=C(Nc1ccc(Cl)cc1)c1ccccc1CSc1ncn[nH]1. The highest BCUT2D eigenvalue weighted by Gasteiger charge is 2.12. The molecule has 0 atom stereocenters. The lowest BCUT2D eigenvalue weighted by Gasteiger charge is -2.09. The predicted octanol–water partition coefficient (Wildman–Crippen LogP) is 4.00. The number of aromatic nitrogens is 3. The first-order valence-corrected chi connectivity index (χ1v) is 8.22. The van der Waals surface area contributed by atoms with Gasteiger partial charge in [0, 0.05) is 22.0 Å². The summed E-state index contributed by atoms with van der Waals surface area (Å²) in [6.45, 7) is 0. The fraction of sp³-hybridized carbons (Fsp3) is 0.0625. The molecule has 23 heavy (non-hydrogen) atoms. The zero-order chi connectivity index (χ0) is 16.1. The maximum Gasteiger partial charge on any atom is 0.255 e. The Morgan fingerprint density at radius 2 is 1.96 bits per heavy atom. The molecule has 3 rings (SSSR count). The number of nitrogens with zero attached hydrogens (tertiary/aromatic N) is 2. The number of hydrogen-bond acceptors (Lipinski definition) is 4. The van der Waals surface area contributed by atoms with Crippen molar-refractivity contribution in [1.82, 2.24) is 15.2 Å². The third-order valence-corrected chi connectivity index (χ3v) is 4.30. The molecule has 2 aromatic carbocycles. The lowest BCUT2D eigenvalue weighted by molar-refractivity contribution is 0.102.